The van der Waals surface area contributed by atoms with E-state index in [9.17, 15) is 4.79 Å². The number of hydrogen-bond acceptors (Lipinski definition) is 3. The van der Waals surface area contributed by atoms with E-state index in [0.717, 1.165) is 27.7 Å². The second-order valence-electron chi connectivity index (χ2n) is 4.78. The molecule has 0 saturated carbocycles. The highest BCUT2D eigenvalue weighted by Gasteiger charge is 2.19. The van der Waals surface area contributed by atoms with Crippen LogP contribution in [-0.2, 0) is 4.79 Å². The first kappa shape index (κ1) is 15.1. The van der Waals surface area contributed by atoms with Gasteiger partial charge in [-0.25, -0.2) is 0 Å². The van der Waals surface area contributed by atoms with E-state index < -0.39 is 5.97 Å². The second-order valence-corrected chi connectivity index (χ2v) is 5.69. The van der Waals surface area contributed by atoms with E-state index in [1.54, 1.807) is 0 Å². The van der Waals surface area contributed by atoms with Gasteiger partial charge in [0, 0.05) is 16.4 Å². The number of rotatable bonds is 6. The van der Waals surface area contributed by atoms with Crippen molar-refractivity contribution >= 4 is 32.9 Å². The van der Waals surface area contributed by atoms with Gasteiger partial charge < -0.3 is 9.52 Å². The molecule has 1 aromatic carbocycles. The van der Waals surface area contributed by atoms with Gasteiger partial charge in [-0.2, -0.15) is 0 Å². The Morgan fingerprint density at radius 3 is 2.85 bits per heavy atom. The summed E-state index contributed by atoms with van der Waals surface area (Å²) in [6, 6.07) is 7.98. The fraction of sp³-hybridized carbons (Fsp3) is 0.400. The van der Waals surface area contributed by atoms with E-state index in [0.29, 0.717) is 6.54 Å². The monoisotopic (exact) mass is 339 g/mol. The summed E-state index contributed by atoms with van der Waals surface area (Å²) in [7, 11) is 0. The van der Waals surface area contributed by atoms with Gasteiger partial charge in [0.2, 0.25) is 0 Å². The van der Waals surface area contributed by atoms with E-state index in [4.69, 9.17) is 9.52 Å². The van der Waals surface area contributed by atoms with Crippen molar-refractivity contribution in [2.45, 2.75) is 26.3 Å². The number of furan rings is 1. The predicted octanol–water partition coefficient (Wildman–Crippen LogP) is 4.05. The standard InChI is InChI=1S/C15H18BrNO3/c1-3-17(7-6-15(18)19)10(2)14-9-11-8-12(16)4-5-13(11)20-14/h4-5,8-10H,3,6-7H2,1-2H3,(H,18,19). The van der Waals surface area contributed by atoms with Crippen LogP contribution in [0.5, 0.6) is 0 Å². The Bertz CT molecular complexity index is 608. The molecule has 20 heavy (non-hydrogen) atoms. The van der Waals surface area contributed by atoms with Gasteiger partial charge in [0.15, 0.2) is 0 Å². The van der Waals surface area contributed by atoms with Crippen LogP contribution in [0.15, 0.2) is 33.2 Å². The highest BCUT2D eigenvalue weighted by molar-refractivity contribution is 9.10. The third kappa shape index (κ3) is 3.41. The van der Waals surface area contributed by atoms with E-state index in [2.05, 4.69) is 20.8 Å². The first-order chi connectivity index (χ1) is 9.51. The van der Waals surface area contributed by atoms with Crippen molar-refractivity contribution in [3.63, 3.8) is 0 Å². The SMILES string of the molecule is CCN(CCC(=O)O)C(C)c1cc2cc(Br)ccc2o1. The van der Waals surface area contributed by atoms with Crippen LogP contribution in [0.25, 0.3) is 11.0 Å². The minimum absolute atomic E-state index is 0.0607. The normalized spacial score (nSPS) is 13.0. The molecular formula is C15H18BrNO3. The Morgan fingerprint density at radius 1 is 1.45 bits per heavy atom. The third-order valence-corrected chi connectivity index (χ3v) is 3.97. The van der Waals surface area contributed by atoms with Crippen molar-refractivity contribution in [2.24, 2.45) is 0 Å². The molecule has 1 heterocycles. The zero-order valence-electron chi connectivity index (χ0n) is 11.6. The maximum absolute atomic E-state index is 10.7. The molecule has 1 atom stereocenters. The molecule has 0 aliphatic rings. The van der Waals surface area contributed by atoms with Crippen LogP contribution in [0.4, 0.5) is 0 Å². The molecule has 108 valence electrons. The average Bonchev–Trinajstić information content (AvgIpc) is 2.81. The van der Waals surface area contributed by atoms with E-state index in [1.165, 1.54) is 0 Å². The molecule has 0 amide bonds. The van der Waals surface area contributed by atoms with Crippen LogP contribution < -0.4 is 0 Å². The van der Waals surface area contributed by atoms with Crippen molar-refractivity contribution in [2.75, 3.05) is 13.1 Å². The molecule has 1 unspecified atom stereocenters. The van der Waals surface area contributed by atoms with Crippen molar-refractivity contribution in [1.29, 1.82) is 0 Å². The average molecular weight is 340 g/mol. The molecule has 0 bridgehead atoms. The number of halogens is 1. The van der Waals surface area contributed by atoms with Gasteiger partial charge in [0.05, 0.1) is 12.5 Å². The number of carboxylic acid groups (broad SMARTS) is 1. The number of benzene rings is 1. The fourth-order valence-electron chi connectivity index (χ4n) is 2.29. The lowest BCUT2D eigenvalue weighted by Crippen LogP contribution is -2.29. The molecule has 1 aromatic heterocycles. The van der Waals surface area contributed by atoms with Gasteiger partial charge in [-0.1, -0.05) is 22.9 Å². The molecular weight excluding hydrogens is 322 g/mol. The van der Waals surface area contributed by atoms with Crippen LogP contribution in [0, 0.1) is 0 Å². The molecule has 0 aliphatic carbocycles. The van der Waals surface area contributed by atoms with Gasteiger partial charge in [0.25, 0.3) is 0 Å². The maximum atomic E-state index is 10.7. The highest BCUT2D eigenvalue weighted by atomic mass is 79.9. The van der Waals surface area contributed by atoms with Crippen molar-refractivity contribution in [3.8, 4) is 0 Å². The first-order valence-electron chi connectivity index (χ1n) is 6.66. The summed E-state index contributed by atoms with van der Waals surface area (Å²) < 4.78 is 6.88. The number of fused-ring (bicyclic) bond motifs is 1. The number of carboxylic acids is 1. The summed E-state index contributed by atoms with van der Waals surface area (Å²) in [5.74, 6) is 0.0922. The van der Waals surface area contributed by atoms with Gasteiger partial charge in [-0.3, -0.25) is 9.69 Å². The van der Waals surface area contributed by atoms with Gasteiger partial charge in [0.1, 0.15) is 11.3 Å². The Hall–Kier alpha value is -1.33. The molecule has 1 N–H and O–H groups in total. The zero-order valence-corrected chi connectivity index (χ0v) is 13.2. The number of carbonyl (C=O) groups is 1. The number of aliphatic carboxylic acids is 1. The quantitative estimate of drug-likeness (QED) is 0.862. The van der Waals surface area contributed by atoms with Crippen molar-refractivity contribution < 1.29 is 14.3 Å². The molecule has 5 heteroatoms. The van der Waals surface area contributed by atoms with E-state index in [1.807, 2.05) is 38.1 Å². The predicted molar refractivity (Wildman–Crippen MR) is 81.8 cm³/mol. The lowest BCUT2D eigenvalue weighted by atomic mass is 10.2. The largest absolute Gasteiger partial charge is 0.481 e. The first-order valence-corrected chi connectivity index (χ1v) is 7.45. The smallest absolute Gasteiger partial charge is 0.304 e. The van der Waals surface area contributed by atoms with Crippen molar-refractivity contribution in [1.82, 2.24) is 4.90 Å². The van der Waals surface area contributed by atoms with E-state index >= 15 is 0 Å². The molecule has 0 spiro atoms. The van der Waals surface area contributed by atoms with Crippen LogP contribution in [0.1, 0.15) is 32.1 Å². The summed E-state index contributed by atoms with van der Waals surface area (Å²) in [6.07, 6.45) is 0.143. The molecule has 0 aliphatic heterocycles. The van der Waals surface area contributed by atoms with Gasteiger partial charge in [-0.05, 0) is 37.7 Å². The Labute approximate surface area is 126 Å². The zero-order chi connectivity index (χ0) is 14.7. The summed E-state index contributed by atoms with van der Waals surface area (Å²) in [5.41, 5.74) is 0.851. The van der Waals surface area contributed by atoms with Crippen LogP contribution in [0.3, 0.4) is 0 Å². The second kappa shape index (κ2) is 6.41. The summed E-state index contributed by atoms with van der Waals surface area (Å²) in [6.45, 7) is 5.37. The van der Waals surface area contributed by atoms with E-state index in [-0.39, 0.29) is 12.5 Å². The Kier molecular flexibility index (Phi) is 4.83. The number of hydrogen-bond donors (Lipinski definition) is 1. The lowest BCUT2D eigenvalue weighted by Gasteiger charge is -2.25. The van der Waals surface area contributed by atoms with Gasteiger partial charge >= 0.3 is 5.97 Å². The molecule has 0 saturated heterocycles. The molecule has 0 fully saturated rings. The Morgan fingerprint density at radius 2 is 2.20 bits per heavy atom. The topological polar surface area (TPSA) is 53.7 Å². The summed E-state index contributed by atoms with van der Waals surface area (Å²) >= 11 is 3.44. The minimum Gasteiger partial charge on any atom is -0.481 e. The lowest BCUT2D eigenvalue weighted by molar-refractivity contribution is -0.137. The molecule has 2 aromatic rings. The summed E-state index contributed by atoms with van der Waals surface area (Å²) in [5, 5.41) is 9.85. The summed E-state index contributed by atoms with van der Waals surface area (Å²) in [4.78, 5) is 12.8. The molecule has 2 rings (SSSR count). The minimum atomic E-state index is -0.774. The fourth-order valence-corrected chi connectivity index (χ4v) is 2.66. The van der Waals surface area contributed by atoms with Crippen LogP contribution in [0.2, 0.25) is 0 Å². The third-order valence-electron chi connectivity index (χ3n) is 3.48. The van der Waals surface area contributed by atoms with Crippen LogP contribution in [-0.4, -0.2) is 29.1 Å². The molecule has 0 radical (unpaired) electrons. The van der Waals surface area contributed by atoms with Gasteiger partial charge in [-0.15, -0.1) is 0 Å². The number of nitrogens with zero attached hydrogens (tertiary/aromatic N) is 1. The maximum Gasteiger partial charge on any atom is 0.304 e. The molecule has 4 nitrogen and oxygen atoms in total. The Balaban J connectivity index is 2.20. The van der Waals surface area contributed by atoms with Crippen molar-refractivity contribution in [3.05, 3.63) is 34.5 Å². The highest BCUT2D eigenvalue weighted by Crippen LogP contribution is 2.29. The van der Waals surface area contributed by atoms with Crippen LogP contribution >= 0.6 is 15.9 Å².